The lowest BCUT2D eigenvalue weighted by Gasteiger charge is -2.22. The Labute approximate surface area is 113 Å². The van der Waals surface area contributed by atoms with E-state index in [0.29, 0.717) is 0 Å². The molecule has 0 aliphatic carbocycles. The van der Waals surface area contributed by atoms with Crippen LogP contribution in [0.4, 0.5) is 0 Å². The second-order valence-corrected chi connectivity index (χ2v) is 5.00. The fraction of sp³-hybridized carbons (Fsp3) is 0.235. The molecule has 0 saturated carbocycles. The first-order chi connectivity index (χ1) is 9.27. The molecule has 0 N–H and O–H groups in total. The molecule has 0 radical (unpaired) electrons. The normalized spacial score (nSPS) is 17.6. The number of fused-ring (bicyclic) bond motifs is 1. The van der Waals surface area contributed by atoms with E-state index in [-0.39, 0.29) is 11.9 Å². The number of nitrogens with zero attached hydrogens (tertiary/aromatic N) is 1. The van der Waals surface area contributed by atoms with Crippen molar-refractivity contribution in [3.05, 3.63) is 71.3 Å². The largest absolute Gasteiger partial charge is 0.332 e. The number of carbonyl (C=O) groups is 1. The summed E-state index contributed by atoms with van der Waals surface area (Å²) in [6.07, 6.45) is 0.908. The van der Waals surface area contributed by atoms with E-state index in [4.69, 9.17) is 0 Å². The highest BCUT2D eigenvalue weighted by Crippen LogP contribution is 2.32. The Morgan fingerprint density at radius 1 is 1.00 bits per heavy atom. The first-order valence-electron chi connectivity index (χ1n) is 6.71. The minimum Gasteiger partial charge on any atom is -0.332 e. The summed E-state index contributed by atoms with van der Waals surface area (Å²) in [5.41, 5.74) is 3.29. The van der Waals surface area contributed by atoms with Crippen LogP contribution < -0.4 is 0 Å². The van der Waals surface area contributed by atoms with Gasteiger partial charge in [-0.25, -0.2) is 0 Å². The van der Waals surface area contributed by atoms with Gasteiger partial charge in [-0.2, -0.15) is 0 Å². The Balaban J connectivity index is 1.76. The molecule has 2 heteroatoms. The zero-order valence-corrected chi connectivity index (χ0v) is 11.0. The predicted molar refractivity (Wildman–Crippen MR) is 76.0 cm³/mol. The first-order valence-corrected chi connectivity index (χ1v) is 6.71. The van der Waals surface area contributed by atoms with Crippen molar-refractivity contribution in [3.63, 3.8) is 0 Å². The van der Waals surface area contributed by atoms with Crippen molar-refractivity contribution in [2.45, 2.75) is 19.4 Å². The highest BCUT2D eigenvalue weighted by molar-refractivity contribution is 5.99. The summed E-state index contributed by atoms with van der Waals surface area (Å²) in [5, 5.41) is 0. The molecule has 0 aromatic heterocycles. The van der Waals surface area contributed by atoms with Crippen LogP contribution in [0.15, 0.2) is 54.6 Å². The minimum absolute atomic E-state index is 0.166. The van der Waals surface area contributed by atoms with Crippen molar-refractivity contribution in [2.75, 3.05) is 6.54 Å². The highest BCUT2D eigenvalue weighted by Gasteiger charge is 2.32. The van der Waals surface area contributed by atoms with Gasteiger partial charge in [0.25, 0.3) is 5.91 Å². The van der Waals surface area contributed by atoms with Gasteiger partial charge in [-0.3, -0.25) is 4.79 Å². The van der Waals surface area contributed by atoms with Gasteiger partial charge in [-0.15, -0.1) is 0 Å². The third kappa shape index (κ3) is 2.14. The molecule has 2 aromatic rings. The molecular weight excluding hydrogens is 234 g/mol. The Hall–Kier alpha value is -2.09. The molecule has 0 saturated heterocycles. The fourth-order valence-corrected chi connectivity index (χ4v) is 2.74. The average Bonchev–Trinajstić information content (AvgIpc) is 2.71. The third-order valence-electron chi connectivity index (χ3n) is 3.85. The highest BCUT2D eigenvalue weighted by atomic mass is 16.2. The van der Waals surface area contributed by atoms with Crippen LogP contribution in [0.25, 0.3) is 0 Å². The van der Waals surface area contributed by atoms with Crippen LogP contribution in [0.2, 0.25) is 0 Å². The van der Waals surface area contributed by atoms with Gasteiger partial charge < -0.3 is 4.90 Å². The maximum absolute atomic E-state index is 12.4. The maximum atomic E-state index is 12.4. The van der Waals surface area contributed by atoms with Gasteiger partial charge >= 0.3 is 0 Å². The molecule has 3 rings (SSSR count). The number of benzene rings is 2. The summed E-state index contributed by atoms with van der Waals surface area (Å²) in [7, 11) is 0. The molecule has 1 unspecified atom stereocenters. The van der Waals surface area contributed by atoms with Gasteiger partial charge in [0.05, 0.1) is 6.04 Å². The zero-order valence-electron chi connectivity index (χ0n) is 11.0. The average molecular weight is 251 g/mol. The molecular formula is C17H17NO. The lowest BCUT2D eigenvalue weighted by Crippen LogP contribution is -2.28. The summed E-state index contributed by atoms with van der Waals surface area (Å²) < 4.78 is 0. The summed E-state index contributed by atoms with van der Waals surface area (Å²) >= 11 is 0. The number of rotatable bonds is 3. The molecule has 0 spiro atoms. The molecule has 0 bridgehead atoms. The Kier molecular flexibility index (Phi) is 3.08. The molecule has 0 fully saturated rings. The molecule has 1 amide bonds. The van der Waals surface area contributed by atoms with Crippen molar-refractivity contribution in [1.82, 2.24) is 4.90 Å². The van der Waals surface area contributed by atoms with E-state index >= 15 is 0 Å². The molecule has 1 atom stereocenters. The molecule has 1 heterocycles. The predicted octanol–water partition coefficient (Wildman–Crippen LogP) is 3.45. The van der Waals surface area contributed by atoms with E-state index in [1.54, 1.807) is 0 Å². The number of hydrogen-bond donors (Lipinski definition) is 0. The Morgan fingerprint density at radius 2 is 1.68 bits per heavy atom. The first kappa shape index (κ1) is 12.0. The number of carbonyl (C=O) groups excluding carboxylic acids is 1. The van der Waals surface area contributed by atoms with Crippen LogP contribution in [0.5, 0.6) is 0 Å². The monoisotopic (exact) mass is 251 g/mol. The quantitative estimate of drug-likeness (QED) is 0.818. The van der Waals surface area contributed by atoms with Crippen LogP contribution in [0.1, 0.15) is 34.5 Å². The van der Waals surface area contributed by atoms with Crippen LogP contribution in [-0.4, -0.2) is 17.4 Å². The third-order valence-corrected chi connectivity index (χ3v) is 3.85. The van der Waals surface area contributed by atoms with E-state index in [1.807, 2.05) is 41.3 Å². The number of hydrogen-bond acceptors (Lipinski definition) is 1. The molecule has 2 aromatic carbocycles. The standard InChI is InChI=1S/C17H17NO/c1-13-15-9-5-6-10-16(15)17(19)18(13)12-11-14-7-3-2-4-8-14/h2-10,13H,11-12H2,1H3. The van der Waals surface area contributed by atoms with Gasteiger partial charge in [0.2, 0.25) is 0 Å². The van der Waals surface area contributed by atoms with Gasteiger partial charge in [0, 0.05) is 12.1 Å². The van der Waals surface area contributed by atoms with E-state index in [0.717, 1.165) is 24.1 Å². The lowest BCUT2D eigenvalue weighted by molar-refractivity contribution is 0.0740. The minimum atomic E-state index is 0.166. The van der Waals surface area contributed by atoms with Crippen molar-refractivity contribution < 1.29 is 4.79 Å². The summed E-state index contributed by atoms with van der Waals surface area (Å²) in [6.45, 7) is 2.88. The molecule has 1 aliphatic heterocycles. The van der Waals surface area contributed by atoms with Crippen LogP contribution >= 0.6 is 0 Å². The maximum Gasteiger partial charge on any atom is 0.254 e. The van der Waals surface area contributed by atoms with Gasteiger partial charge in [-0.05, 0) is 30.5 Å². The smallest absolute Gasteiger partial charge is 0.254 e. The fourth-order valence-electron chi connectivity index (χ4n) is 2.74. The van der Waals surface area contributed by atoms with Crippen molar-refractivity contribution in [1.29, 1.82) is 0 Å². The molecule has 2 nitrogen and oxygen atoms in total. The van der Waals surface area contributed by atoms with E-state index < -0.39 is 0 Å². The number of amides is 1. The molecule has 96 valence electrons. The van der Waals surface area contributed by atoms with Crippen molar-refractivity contribution >= 4 is 5.91 Å². The van der Waals surface area contributed by atoms with Gasteiger partial charge in [0.15, 0.2) is 0 Å². The molecule has 19 heavy (non-hydrogen) atoms. The van der Waals surface area contributed by atoms with E-state index in [1.165, 1.54) is 5.56 Å². The van der Waals surface area contributed by atoms with Gasteiger partial charge in [-0.1, -0.05) is 48.5 Å². The second kappa shape index (κ2) is 4.88. The Bertz CT molecular complexity index is 591. The topological polar surface area (TPSA) is 20.3 Å². The second-order valence-electron chi connectivity index (χ2n) is 5.00. The van der Waals surface area contributed by atoms with Crippen LogP contribution in [0, 0.1) is 0 Å². The van der Waals surface area contributed by atoms with Gasteiger partial charge in [0.1, 0.15) is 0 Å². The van der Waals surface area contributed by atoms with E-state index in [2.05, 4.69) is 25.1 Å². The summed E-state index contributed by atoms with van der Waals surface area (Å²) in [5.74, 6) is 0.166. The summed E-state index contributed by atoms with van der Waals surface area (Å²) in [4.78, 5) is 14.3. The van der Waals surface area contributed by atoms with Crippen molar-refractivity contribution in [3.8, 4) is 0 Å². The van der Waals surface area contributed by atoms with Crippen LogP contribution in [-0.2, 0) is 6.42 Å². The lowest BCUT2D eigenvalue weighted by atomic mass is 10.1. The van der Waals surface area contributed by atoms with Crippen molar-refractivity contribution in [2.24, 2.45) is 0 Å². The zero-order chi connectivity index (χ0) is 13.2. The Morgan fingerprint density at radius 3 is 2.42 bits per heavy atom. The van der Waals surface area contributed by atoms with Crippen LogP contribution in [0.3, 0.4) is 0 Å². The SMILES string of the molecule is CC1c2ccccc2C(=O)N1CCc1ccccc1. The summed E-state index contributed by atoms with van der Waals surface area (Å²) in [6, 6.07) is 18.4. The van der Waals surface area contributed by atoms with E-state index in [9.17, 15) is 4.79 Å². The molecule has 1 aliphatic rings.